The number of rotatable bonds is 4. The number of hydrogen-bond acceptors (Lipinski definition) is 3. The SMILES string of the molecule is O=C1CCN(C(=O)OCc2ccccc2)C(c2ccccc2C2CC2)C1. The fourth-order valence-electron chi connectivity index (χ4n) is 3.71. The topological polar surface area (TPSA) is 46.6 Å². The van der Waals surface area contributed by atoms with Crippen LogP contribution in [0.5, 0.6) is 0 Å². The van der Waals surface area contributed by atoms with Gasteiger partial charge in [-0.25, -0.2) is 4.79 Å². The van der Waals surface area contributed by atoms with Gasteiger partial charge in [0.25, 0.3) is 0 Å². The Balaban J connectivity index is 1.53. The molecule has 1 aliphatic carbocycles. The molecule has 1 unspecified atom stereocenters. The summed E-state index contributed by atoms with van der Waals surface area (Å²) in [5.41, 5.74) is 3.36. The van der Waals surface area contributed by atoms with E-state index in [4.69, 9.17) is 4.74 Å². The number of piperidine rings is 1. The number of carbonyl (C=O) groups is 2. The predicted octanol–water partition coefficient (Wildman–Crippen LogP) is 4.61. The smallest absolute Gasteiger partial charge is 0.410 e. The summed E-state index contributed by atoms with van der Waals surface area (Å²) in [4.78, 5) is 26.6. The molecule has 1 aliphatic heterocycles. The lowest BCUT2D eigenvalue weighted by molar-refractivity contribution is -0.122. The van der Waals surface area contributed by atoms with Crippen LogP contribution in [0, 0.1) is 0 Å². The van der Waals surface area contributed by atoms with E-state index in [9.17, 15) is 9.59 Å². The Morgan fingerprint density at radius 2 is 1.69 bits per heavy atom. The van der Waals surface area contributed by atoms with Crippen LogP contribution in [0.1, 0.15) is 54.3 Å². The standard InChI is InChI=1S/C22H23NO3/c24-18-12-13-23(22(25)26-15-16-6-2-1-3-7-16)21(14-18)20-9-5-4-8-19(20)17-10-11-17/h1-9,17,21H,10-15H2. The van der Waals surface area contributed by atoms with Gasteiger partial charge in [0.05, 0.1) is 6.04 Å². The van der Waals surface area contributed by atoms with Crippen molar-refractivity contribution < 1.29 is 14.3 Å². The van der Waals surface area contributed by atoms with Crippen molar-refractivity contribution in [3.8, 4) is 0 Å². The summed E-state index contributed by atoms with van der Waals surface area (Å²) in [6, 6.07) is 17.7. The highest BCUT2D eigenvalue weighted by Gasteiger charge is 2.36. The van der Waals surface area contributed by atoms with Crippen LogP contribution in [-0.2, 0) is 16.1 Å². The van der Waals surface area contributed by atoms with Crippen LogP contribution in [0.25, 0.3) is 0 Å². The van der Waals surface area contributed by atoms with E-state index in [2.05, 4.69) is 12.1 Å². The zero-order valence-electron chi connectivity index (χ0n) is 14.8. The van der Waals surface area contributed by atoms with Crippen molar-refractivity contribution in [1.82, 2.24) is 4.90 Å². The summed E-state index contributed by atoms with van der Waals surface area (Å²) in [5, 5.41) is 0. The van der Waals surface area contributed by atoms with E-state index < -0.39 is 0 Å². The normalized spacial score (nSPS) is 20.1. The maximum absolute atomic E-state index is 12.8. The number of likely N-dealkylation sites (tertiary alicyclic amines) is 1. The number of Topliss-reactive ketones (excluding diaryl/α,β-unsaturated/α-hetero) is 1. The van der Waals surface area contributed by atoms with Crippen molar-refractivity contribution in [2.24, 2.45) is 0 Å². The zero-order valence-corrected chi connectivity index (χ0v) is 14.8. The van der Waals surface area contributed by atoms with Crippen molar-refractivity contribution in [2.45, 2.75) is 44.2 Å². The van der Waals surface area contributed by atoms with Gasteiger partial charge in [0.2, 0.25) is 0 Å². The molecule has 0 radical (unpaired) electrons. The second-order valence-electron chi connectivity index (χ2n) is 7.15. The zero-order chi connectivity index (χ0) is 17.9. The minimum absolute atomic E-state index is 0.212. The van der Waals surface area contributed by atoms with E-state index in [-0.39, 0.29) is 24.5 Å². The highest BCUT2D eigenvalue weighted by atomic mass is 16.6. The molecule has 0 spiro atoms. The lowest BCUT2D eigenvalue weighted by Gasteiger charge is -2.35. The van der Waals surface area contributed by atoms with Crippen molar-refractivity contribution in [2.75, 3.05) is 6.54 Å². The lowest BCUT2D eigenvalue weighted by atomic mass is 9.90. The minimum Gasteiger partial charge on any atom is -0.445 e. The highest BCUT2D eigenvalue weighted by molar-refractivity contribution is 5.82. The Morgan fingerprint density at radius 1 is 1.00 bits per heavy atom. The molecule has 0 aromatic heterocycles. The maximum Gasteiger partial charge on any atom is 0.410 e. The monoisotopic (exact) mass is 349 g/mol. The lowest BCUT2D eigenvalue weighted by Crippen LogP contribution is -2.41. The predicted molar refractivity (Wildman–Crippen MR) is 98.7 cm³/mol. The number of nitrogens with zero attached hydrogens (tertiary/aromatic N) is 1. The van der Waals surface area contributed by atoms with E-state index >= 15 is 0 Å². The molecule has 1 heterocycles. The van der Waals surface area contributed by atoms with E-state index in [1.165, 1.54) is 18.4 Å². The summed E-state index contributed by atoms with van der Waals surface area (Å²) < 4.78 is 5.55. The van der Waals surface area contributed by atoms with Crippen LogP contribution >= 0.6 is 0 Å². The molecule has 1 atom stereocenters. The summed E-state index contributed by atoms with van der Waals surface area (Å²) >= 11 is 0. The first-order valence-corrected chi connectivity index (χ1v) is 9.30. The molecular weight excluding hydrogens is 326 g/mol. The molecule has 1 saturated heterocycles. The fourth-order valence-corrected chi connectivity index (χ4v) is 3.71. The quantitative estimate of drug-likeness (QED) is 0.810. The van der Waals surface area contributed by atoms with Crippen LogP contribution in [-0.4, -0.2) is 23.3 Å². The summed E-state index contributed by atoms with van der Waals surface area (Å²) in [6.07, 6.45) is 2.83. The van der Waals surface area contributed by atoms with Crippen LogP contribution in [0.4, 0.5) is 4.79 Å². The van der Waals surface area contributed by atoms with Crippen molar-refractivity contribution in [3.05, 3.63) is 71.3 Å². The van der Waals surface area contributed by atoms with Gasteiger partial charge in [0.15, 0.2) is 0 Å². The molecule has 4 nitrogen and oxygen atoms in total. The summed E-state index contributed by atoms with van der Waals surface area (Å²) in [5.74, 6) is 0.790. The second-order valence-corrected chi connectivity index (χ2v) is 7.15. The first-order valence-electron chi connectivity index (χ1n) is 9.30. The van der Waals surface area contributed by atoms with E-state index in [0.29, 0.717) is 25.3 Å². The van der Waals surface area contributed by atoms with Crippen LogP contribution in [0.15, 0.2) is 54.6 Å². The minimum atomic E-state index is -0.336. The molecule has 0 bridgehead atoms. The van der Waals surface area contributed by atoms with Gasteiger partial charge in [-0.05, 0) is 35.4 Å². The summed E-state index contributed by atoms with van der Waals surface area (Å²) in [6.45, 7) is 0.678. The first-order chi connectivity index (χ1) is 12.7. The van der Waals surface area contributed by atoms with Crippen LogP contribution in [0.2, 0.25) is 0 Å². The Kier molecular flexibility index (Phi) is 4.74. The largest absolute Gasteiger partial charge is 0.445 e. The van der Waals surface area contributed by atoms with E-state index in [0.717, 1.165) is 11.1 Å². The second kappa shape index (κ2) is 7.32. The fraction of sp³-hybridized carbons (Fsp3) is 0.364. The van der Waals surface area contributed by atoms with Gasteiger partial charge in [-0.1, -0.05) is 54.6 Å². The van der Waals surface area contributed by atoms with E-state index in [1.54, 1.807) is 4.90 Å². The van der Waals surface area contributed by atoms with Gasteiger partial charge in [-0.3, -0.25) is 4.79 Å². The number of ketones is 1. The highest BCUT2D eigenvalue weighted by Crippen LogP contribution is 2.45. The van der Waals surface area contributed by atoms with Gasteiger partial charge in [-0.2, -0.15) is 0 Å². The average molecular weight is 349 g/mol. The molecule has 2 aliphatic rings. The molecular formula is C22H23NO3. The molecule has 26 heavy (non-hydrogen) atoms. The third-order valence-corrected chi connectivity index (χ3v) is 5.24. The molecule has 1 amide bonds. The molecule has 2 aromatic carbocycles. The molecule has 0 N–H and O–H groups in total. The number of benzene rings is 2. The van der Waals surface area contributed by atoms with Crippen molar-refractivity contribution in [1.29, 1.82) is 0 Å². The van der Waals surface area contributed by atoms with Gasteiger partial charge in [0, 0.05) is 19.4 Å². The van der Waals surface area contributed by atoms with Crippen molar-refractivity contribution >= 4 is 11.9 Å². The number of carbonyl (C=O) groups excluding carboxylic acids is 2. The molecule has 134 valence electrons. The number of amides is 1. The number of hydrogen-bond donors (Lipinski definition) is 0. The Bertz CT molecular complexity index is 798. The third kappa shape index (κ3) is 3.64. The van der Waals surface area contributed by atoms with Crippen molar-refractivity contribution in [3.63, 3.8) is 0 Å². The average Bonchev–Trinajstić information content (AvgIpc) is 3.52. The van der Waals surface area contributed by atoms with Gasteiger partial charge >= 0.3 is 6.09 Å². The molecule has 2 aromatic rings. The van der Waals surface area contributed by atoms with Crippen LogP contribution < -0.4 is 0 Å². The first kappa shape index (κ1) is 16.8. The van der Waals surface area contributed by atoms with Gasteiger partial charge in [0.1, 0.15) is 12.4 Å². The van der Waals surface area contributed by atoms with E-state index in [1.807, 2.05) is 42.5 Å². The molecule has 4 heteroatoms. The van der Waals surface area contributed by atoms with Gasteiger partial charge in [-0.15, -0.1) is 0 Å². The Labute approximate surface area is 153 Å². The molecule has 2 fully saturated rings. The Hall–Kier alpha value is -2.62. The number of ether oxygens (including phenoxy) is 1. The third-order valence-electron chi connectivity index (χ3n) is 5.24. The Morgan fingerprint density at radius 3 is 2.42 bits per heavy atom. The van der Waals surface area contributed by atoms with Crippen LogP contribution in [0.3, 0.4) is 0 Å². The van der Waals surface area contributed by atoms with Gasteiger partial charge < -0.3 is 9.64 Å². The maximum atomic E-state index is 12.8. The molecule has 1 saturated carbocycles. The molecule has 4 rings (SSSR count). The summed E-state index contributed by atoms with van der Waals surface area (Å²) in [7, 11) is 0.